The summed E-state index contributed by atoms with van der Waals surface area (Å²) in [5.74, 6) is 1.48. The van der Waals surface area contributed by atoms with Crippen LogP contribution in [0.25, 0.3) is 10.4 Å². The number of aromatic nitrogens is 1. The monoisotopic (exact) mass is 264 g/mol. The molecule has 2 aromatic rings. The molecular weight excluding hydrogens is 248 g/mol. The summed E-state index contributed by atoms with van der Waals surface area (Å²) in [6, 6.07) is 5.86. The molecule has 18 heavy (non-hydrogen) atoms. The Morgan fingerprint density at radius 2 is 2.00 bits per heavy atom. The minimum absolute atomic E-state index is 0.730. The lowest BCUT2D eigenvalue weighted by Gasteiger charge is -2.11. The van der Waals surface area contributed by atoms with Gasteiger partial charge >= 0.3 is 0 Å². The fraction of sp³-hybridized carbons (Fsp3) is 0.308. The van der Waals surface area contributed by atoms with Crippen molar-refractivity contribution in [2.24, 2.45) is 0 Å². The average Bonchev–Trinajstić information content (AvgIpc) is 2.78. The summed E-state index contributed by atoms with van der Waals surface area (Å²) in [5, 5.41) is 3.96. The Balaban J connectivity index is 2.59. The van der Waals surface area contributed by atoms with Gasteiger partial charge in [0.1, 0.15) is 0 Å². The van der Waals surface area contributed by atoms with E-state index >= 15 is 0 Å². The van der Waals surface area contributed by atoms with Gasteiger partial charge in [-0.2, -0.15) is 0 Å². The molecule has 0 bridgehead atoms. The van der Waals surface area contributed by atoms with E-state index in [1.807, 2.05) is 32.2 Å². The third-order valence-electron chi connectivity index (χ3n) is 2.66. The molecule has 0 saturated carbocycles. The van der Waals surface area contributed by atoms with E-state index in [0.29, 0.717) is 0 Å². The van der Waals surface area contributed by atoms with Gasteiger partial charge in [0.05, 0.1) is 24.8 Å². The van der Waals surface area contributed by atoms with E-state index in [9.17, 15) is 0 Å². The SMILES string of the molecule is CNc1nc(C)c(-c2cccc(OC)c2OC)s1. The zero-order valence-electron chi connectivity index (χ0n) is 10.9. The van der Waals surface area contributed by atoms with E-state index in [2.05, 4.69) is 10.3 Å². The first kappa shape index (κ1) is 12.7. The van der Waals surface area contributed by atoms with Crippen LogP contribution in [0.5, 0.6) is 11.5 Å². The minimum atomic E-state index is 0.730. The molecule has 0 spiro atoms. The summed E-state index contributed by atoms with van der Waals surface area (Å²) in [7, 11) is 5.15. The molecule has 2 rings (SSSR count). The van der Waals surface area contributed by atoms with E-state index in [4.69, 9.17) is 9.47 Å². The van der Waals surface area contributed by atoms with Gasteiger partial charge in [-0.1, -0.05) is 17.4 Å². The third-order valence-corrected chi connectivity index (χ3v) is 3.87. The summed E-state index contributed by atoms with van der Waals surface area (Å²) < 4.78 is 10.8. The Labute approximate surface area is 111 Å². The van der Waals surface area contributed by atoms with Crippen molar-refractivity contribution in [2.75, 3.05) is 26.6 Å². The van der Waals surface area contributed by atoms with Crippen molar-refractivity contribution in [3.05, 3.63) is 23.9 Å². The van der Waals surface area contributed by atoms with Gasteiger partial charge in [-0.25, -0.2) is 4.98 Å². The Morgan fingerprint density at radius 1 is 1.22 bits per heavy atom. The highest BCUT2D eigenvalue weighted by Gasteiger charge is 2.16. The second kappa shape index (κ2) is 5.27. The summed E-state index contributed by atoms with van der Waals surface area (Å²) in [4.78, 5) is 5.54. The van der Waals surface area contributed by atoms with E-state index in [1.54, 1.807) is 25.6 Å². The van der Waals surface area contributed by atoms with E-state index in [-0.39, 0.29) is 0 Å². The maximum absolute atomic E-state index is 5.45. The molecule has 0 saturated heterocycles. The van der Waals surface area contributed by atoms with Gasteiger partial charge < -0.3 is 14.8 Å². The molecule has 0 fully saturated rings. The highest BCUT2D eigenvalue weighted by Crippen LogP contribution is 2.42. The van der Waals surface area contributed by atoms with Gasteiger partial charge in [-0.05, 0) is 19.1 Å². The second-order valence-corrected chi connectivity index (χ2v) is 4.72. The molecule has 0 radical (unpaired) electrons. The molecule has 0 aliphatic heterocycles. The highest BCUT2D eigenvalue weighted by atomic mass is 32.1. The molecule has 0 amide bonds. The number of nitrogens with zero attached hydrogens (tertiary/aromatic N) is 1. The normalized spacial score (nSPS) is 10.2. The van der Waals surface area contributed by atoms with E-state index in [0.717, 1.165) is 32.8 Å². The van der Waals surface area contributed by atoms with Crippen molar-refractivity contribution in [1.82, 2.24) is 4.98 Å². The zero-order valence-corrected chi connectivity index (χ0v) is 11.7. The van der Waals surface area contributed by atoms with Crippen LogP contribution in [0.1, 0.15) is 5.69 Å². The molecule has 1 aromatic carbocycles. The number of aryl methyl sites for hydroxylation is 1. The smallest absolute Gasteiger partial charge is 0.183 e. The maximum Gasteiger partial charge on any atom is 0.183 e. The average molecular weight is 264 g/mol. The molecule has 4 nitrogen and oxygen atoms in total. The minimum Gasteiger partial charge on any atom is -0.493 e. The number of hydrogen-bond acceptors (Lipinski definition) is 5. The van der Waals surface area contributed by atoms with Crippen LogP contribution in [0.15, 0.2) is 18.2 Å². The molecule has 5 heteroatoms. The Morgan fingerprint density at radius 3 is 2.56 bits per heavy atom. The number of nitrogens with one attached hydrogen (secondary N) is 1. The standard InChI is InChI=1S/C13H16N2O2S/c1-8-12(18-13(14-2)15-8)9-6-5-7-10(16-3)11(9)17-4/h5-7H,1-4H3,(H,14,15). The first-order chi connectivity index (χ1) is 8.71. The van der Waals surface area contributed by atoms with Crippen molar-refractivity contribution >= 4 is 16.5 Å². The lowest BCUT2D eigenvalue weighted by Crippen LogP contribution is -1.92. The fourth-order valence-corrected chi connectivity index (χ4v) is 2.76. The Kier molecular flexibility index (Phi) is 3.72. The van der Waals surface area contributed by atoms with Gasteiger partial charge in [0.15, 0.2) is 16.6 Å². The van der Waals surface area contributed by atoms with Gasteiger partial charge in [0.2, 0.25) is 0 Å². The van der Waals surface area contributed by atoms with Crippen LogP contribution in [-0.2, 0) is 0 Å². The van der Waals surface area contributed by atoms with Crippen molar-refractivity contribution < 1.29 is 9.47 Å². The fourth-order valence-electron chi connectivity index (χ4n) is 1.82. The van der Waals surface area contributed by atoms with Crippen molar-refractivity contribution in [3.63, 3.8) is 0 Å². The molecule has 96 valence electrons. The Bertz CT molecular complexity index is 552. The second-order valence-electron chi connectivity index (χ2n) is 3.72. The van der Waals surface area contributed by atoms with Crippen molar-refractivity contribution in [2.45, 2.75) is 6.92 Å². The summed E-state index contributed by atoms with van der Waals surface area (Å²) in [6.45, 7) is 1.99. The van der Waals surface area contributed by atoms with Crippen molar-refractivity contribution in [3.8, 4) is 21.9 Å². The number of methoxy groups -OCH3 is 2. The summed E-state index contributed by atoms with van der Waals surface area (Å²) in [6.07, 6.45) is 0. The number of para-hydroxylation sites is 1. The zero-order chi connectivity index (χ0) is 13.1. The number of rotatable bonds is 4. The molecule has 0 aliphatic rings. The predicted molar refractivity (Wildman–Crippen MR) is 74.9 cm³/mol. The number of hydrogen-bond donors (Lipinski definition) is 1. The molecule has 0 aliphatic carbocycles. The lowest BCUT2D eigenvalue weighted by molar-refractivity contribution is 0.356. The number of ether oxygens (including phenoxy) is 2. The van der Waals surface area contributed by atoms with Crippen LogP contribution >= 0.6 is 11.3 Å². The van der Waals surface area contributed by atoms with Crippen LogP contribution in [0.2, 0.25) is 0 Å². The highest BCUT2D eigenvalue weighted by molar-refractivity contribution is 7.19. The van der Waals surface area contributed by atoms with Crippen LogP contribution in [0, 0.1) is 6.92 Å². The van der Waals surface area contributed by atoms with Gasteiger partial charge in [0, 0.05) is 12.6 Å². The Hall–Kier alpha value is -1.75. The molecular formula is C13H16N2O2S. The molecule has 0 atom stereocenters. The van der Waals surface area contributed by atoms with Crippen LogP contribution in [0.4, 0.5) is 5.13 Å². The summed E-state index contributed by atoms with van der Waals surface area (Å²) >= 11 is 1.60. The first-order valence-corrected chi connectivity index (χ1v) is 6.39. The van der Waals surface area contributed by atoms with Gasteiger partial charge in [0.25, 0.3) is 0 Å². The number of anilines is 1. The third kappa shape index (κ3) is 2.13. The molecule has 1 N–H and O–H groups in total. The number of benzene rings is 1. The van der Waals surface area contributed by atoms with Crippen LogP contribution in [0.3, 0.4) is 0 Å². The van der Waals surface area contributed by atoms with Gasteiger partial charge in [-0.15, -0.1) is 0 Å². The van der Waals surface area contributed by atoms with E-state index < -0.39 is 0 Å². The summed E-state index contributed by atoms with van der Waals surface area (Å²) in [5.41, 5.74) is 1.99. The lowest BCUT2D eigenvalue weighted by atomic mass is 10.1. The topological polar surface area (TPSA) is 43.4 Å². The maximum atomic E-state index is 5.45. The molecule has 0 unspecified atom stereocenters. The molecule has 1 heterocycles. The predicted octanol–water partition coefficient (Wildman–Crippen LogP) is 3.18. The molecule has 1 aromatic heterocycles. The first-order valence-electron chi connectivity index (χ1n) is 5.57. The van der Waals surface area contributed by atoms with Crippen LogP contribution in [-0.4, -0.2) is 26.3 Å². The van der Waals surface area contributed by atoms with E-state index in [1.165, 1.54) is 0 Å². The number of thiazole rings is 1. The largest absolute Gasteiger partial charge is 0.493 e. The quantitative estimate of drug-likeness (QED) is 0.921. The van der Waals surface area contributed by atoms with Gasteiger partial charge in [-0.3, -0.25) is 0 Å². The van der Waals surface area contributed by atoms with Crippen LogP contribution < -0.4 is 14.8 Å². The van der Waals surface area contributed by atoms with Crippen molar-refractivity contribution in [1.29, 1.82) is 0 Å².